The van der Waals surface area contributed by atoms with Crippen molar-refractivity contribution in [2.75, 3.05) is 36.4 Å². The number of carbonyl (C=O) groups excluding carboxylic acids is 4. The van der Waals surface area contributed by atoms with Gasteiger partial charge in [-0.05, 0) is 121 Å². The fourth-order valence-corrected chi connectivity index (χ4v) is 10.5. The number of phenolic OH excluding ortho intramolecular Hbond substituents is 1. The number of imide groups is 2. The molecule has 12 nitrogen and oxygen atoms in total. The van der Waals surface area contributed by atoms with Crippen LogP contribution in [0, 0.1) is 23.7 Å². The molecule has 0 bridgehead atoms. The zero-order chi connectivity index (χ0) is 43.6. The number of aromatic hydroxyl groups is 1. The molecule has 5 aromatic carbocycles. The van der Waals surface area contributed by atoms with E-state index in [2.05, 4.69) is 15.7 Å². The molecule has 0 radical (unpaired) electrons. The number of phenols is 1. The lowest BCUT2D eigenvalue weighted by molar-refractivity contribution is -0.138. The third kappa shape index (κ3) is 6.68. The Morgan fingerprint density at radius 3 is 2.08 bits per heavy atom. The van der Waals surface area contributed by atoms with Gasteiger partial charge in [-0.25, -0.2) is 0 Å². The number of benzene rings is 5. The zero-order valence-corrected chi connectivity index (χ0v) is 35.9. The Balaban J connectivity index is 1.12. The van der Waals surface area contributed by atoms with Gasteiger partial charge in [0.05, 0.1) is 58.1 Å². The summed E-state index contributed by atoms with van der Waals surface area (Å²) in [5, 5.41) is 20.9. The minimum Gasteiger partial charge on any atom is -0.508 e. The minimum absolute atomic E-state index is 0.0596. The summed E-state index contributed by atoms with van der Waals surface area (Å²) in [7, 11) is 5.44. The number of amides is 4. The Kier molecular flexibility index (Phi) is 10.6. The van der Waals surface area contributed by atoms with Gasteiger partial charge in [0.1, 0.15) is 11.5 Å². The second-order valence-electron chi connectivity index (χ2n) is 16.1. The second kappa shape index (κ2) is 15.9. The van der Waals surface area contributed by atoms with Crippen molar-refractivity contribution in [2.45, 2.75) is 24.2 Å². The number of ether oxygens (including phenoxy) is 1. The first-order valence-corrected chi connectivity index (χ1v) is 21.0. The summed E-state index contributed by atoms with van der Waals surface area (Å²) in [5.41, 5.74) is 5.95. The SMILES string of the molecule is COc1ccc(C23C(=O)N(Nc4ccc(Cl)cc4Cl)C(=O)C2CC2C(=CCC4C(=O)N(c5ccc(N=Nc6ccc(N(C)C)cc6)cc5)C(=O)C42)C3c2ccc(O)cc2Cl)cc1. The Bertz CT molecular complexity index is 2710. The van der Waals surface area contributed by atoms with Gasteiger partial charge >= 0.3 is 0 Å². The number of hydrogen-bond acceptors (Lipinski definition) is 10. The largest absolute Gasteiger partial charge is 0.508 e. The molecule has 0 aromatic heterocycles. The molecule has 2 aliphatic heterocycles. The second-order valence-corrected chi connectivity index (χ2v) is 17.3. The first-order chi connectivity index (χ1) is 29.8. The molecular formula is C47H39Cl3N6O6. The third-order valence-corrected chi connectivity index (χ3v) is 13.5. The van der Waals surface area contributed by atoms with Crippen LogP contribution in [0.3, 0.4) is 0 Å². The average Bonchev–Trinajstić information content (AvgIpc) is 3.64. The normalized spacial score (nSPS) is 24.2. The van der Waals surface area contributed by atoms with Crippen LogP contribution in [-0.4, -0.2) is 54.9 Å². The summed E-state index contributed by atoms with van der Waals surface area (Å²) < 4.78 is 5.48. The molecule has 2 saturated heterocycles. The zero-order valence-electron chi connectivity index (χ0n) is 33.6. The van der Waals surface area contributed by atoms with E-state index >= 15 is 9.59 Å². The highest BCUT2D eigenvalue weighted by molar-refractivity contribution is 6.36. The van der Waals surface area contributed by atoms with Crippen molar-refractivity contribution in [3.63, 3.8) is 0 Å². The number of nitrogens with one attached hydrogen (secondary N) is 1. The van der Waals surface area contributed by atoms with Crippen LogP contribution < -0.4 is 20.0 Å². The molecule has 2 heterocycles. The highest BCUT2D eigenvalue weighted by Gasteiger charge is 2.70. The molecule has 314 valence electrons. The molecule has 6 unspecified atom stereocenters. The van der Waals surface area contributed by atoms with E-state index in [0.29, 0.717) is 44.5 Å². The van der Waals surface area contributed by atoms with E-state index in [1.165, 1.54) is 30.2 Å². The molecule has 2 aliphatic carbocycles. The highest BCUT2D eigenvalue weighted by Crippen LogP contribution is 2.65. The summed E-state index contributed by atoms with van der Waals surface area (Å²) >= 11 is 19.8. The maximum Gasteiger partial charge on any atom is 0.260 e. The van der Waals surface area contributed by atoms with Crippen molar-refractivity contribution in [2.24, 2.45) is 33.9 Å². The van der Waals surface area contributed by atoms with Gasteiger partial charge in [-0.1, -0.05) is 64.7 Å². The van der Waals surface area contributed by atoms with Gasteiger partial charge in [0.2, 0.25) is 11.8 Å². The molecule has 0 spiro atoms. The molecule has 4 aliphatic rings. The highest BCUT2D eigenvalue weighted by atomic mass is 35.5. The molecule has 15 heteroatoms. The van der Waals surface area contributed by atoms with Gasteiger partial charge in [0.15, 0.2) is 0 Å². The molecule has 9 rings (SSSR count). The summed E-state index contributed by atoms with van der Waals surface area (Å²) in [4.78, 5) is 62.9. The van der Waals surface area contributed by atoms with Gasteiger partial charge in [0.25, 0.3) is 11.8 Å². The molecule has 4 amide bonds. The summed E-state index contributed by atoms with van der Waals surface area (Å²) in [5.74, 6) is -5.63. The average molecular weight is 890 g/mol. The van der Waals surface area contributed by atoms with Gasteiger partial charge in [-0.3, -0.25) is 29.5 Å². The lowest BCUT2D eigenvalue weighted by Crippen LogP contribution is -2.53. The van der Waals surface area contributed by atoms with Crippen LogP contribution in [0.4, 0.5) is 28.4 Å². The van der Waals surface area contributed by atoms with Crippen molar-refractivity contribution in [3.8, 4) is 11.5 Å². The summed E-state index contributed by atoms with van der Waals surface area (Å²) in [6.45, 7) is 0. The van der Waals surface area contributed by atoms with E-state index in [4.69, 9.17) is 39.5 Å². The van der Waals surface area contributed by atoms with Crippen LogP contribution in [0.1, 0.15) is 29.9 Å². The number of hydrogen-bond donors (Lipinski definition) is 2. The number of anilines is 3. The number of nitrogens with zero attached hydrogens (tertiary/aromatic N) is 5. The number of rotatable bonds is 9. The van der Waals surface area contributed by atoms with Crippen molar-refractivity contribution in [3.05, 3.63) is 147 Å². The van der Waals surface area contributed by atoms with Gasteiger partial charge < -0.3 is 14.7 Å². The quantitative estimate of drug-likeness (QED) is 0.0846. The van der Waals surface area contributed by atoms with E-state index in [-0.39, 0.29) is 40.2 Å². The van der Waals surface area contributed by atoms with Crippen LogP contribution in [-0.2, 0) is 24.6 Å². The number of azo groups is 1. The van der Waals surface area contributed by atoms with E-state index in [9.17, 15) is 14.7 Å². The van der Waals surface area contributed by atoms with Crippen LogP contribution in [0.25, 0.3) is 0 Å². The molecule has 5 aromatic rings. The molecule has 62 heavy (non-hydrogen) atoms. The number of allylic oxidation sites excluding steroid dienone is 2. The lowest BCUT2D eigenvalue weighted by atomic mass is 9.49. The van der Waals surface area contributed by atoms with Gasteiger partial charge in [0, 0.05) is 35.7 Å². The van der Waals surface area contributed by atoms with E-state index < -0.39 is 52.7 Å². The monoisotopic (exact) mass is 888 g/mol. The lowest BCUT2D eigenvalue weighted by Gasteiger charge is -2.50. The van der Waals surface area contributed by atoms with Crippen molar-refractivity contribution in [1.82, 2.24) is 5.01 Å². The number of carbonyl (C=O) groups is 4. The Labute approximate surface area is 372 Å². The Morgan fingerprint density at radius 2 is 1.45 bits per heavy atom. The van der Waals surface area contributed by atoms with E-state index in [1.54, 1.807) is 66.7 Å². The summed E-state index contributed by atoms with van der Waals surface area (Å²) in [6, 6.07) is 30.5. The standard InChI is InChI=1S/C47H39Cl3N6O6/c1-54(2)29-11-7-27(8-12-29)51-52-28-9-13-30(14-10-28)55-43(58)35-20-19-33-36(41(35)45(55)60)24-37-44(59)56(53-40-21-6-26(48)22-39(40)50)46(61)47(37,25-4-16-32(62-3)17-5-25)42(33)34-18-15-31(57)23-38(34)49/h4-19,21-23,35-37,41-42,53,57H,20,24H2,1-3H3. The van der Waals surface area contributed by atoms with Gasteiger partial charge in [-0.15, -0.1) is 0 Å². The molecule has 6 atom stereocenters. The maximum atomic E-state index is 15.5. The summed E-state index contributed by atoms with van der Waals surface area (Å²) in [6.07, 6.45) is 2.20. The molecule has 1 saturated carbocycles. The third-order valence-electron chi connectivity index (χ3n) is 12.6. The van der Waals surface area contributed by atoms with Crippen LogP contribution in [0.15, 0.2) is 131 Å². The number of methoxy groups -OCH3 is 1. The number of fused-ring (bicyclic) bond motifs is 4. The topological polar surface area (TPSA) is 144 Å². The van der Waals surface area contributed by atoms with Crippen molar-refractivity contribution >= 4 is 86.9 Å². The first-order valence-electron chi connectivity index (χ1n) is 19.9. The number of hydrazine groups is 1. The van der Waals surface area contributed by atoms with Crippen molar-refractivity contribution in [1.29, 1.82) is 0 Å². The number of halogens is 3. The fraction of sp³-hybridized carbons (Fsp3) is 0.234. The Hall–Kier alpha value is -6.21. The van der Waals surface area contributed by atoms with Crippen molar-refractivity contribution < 1.29 is 29.0 Å². The minimum atomic E-state index is -1.62. The van der Waals surface area contributed by atoms with Crippen LogP contribution in [0.2, 0.25) is 15.1 Å². The first kappa shape index (κ1) is 41.2. The molecular weight excluding hydrogens is 851 g/mol. The van der Waals surface area contributed by atoms with Crippen LogP contribution >= 0.6 is 34.8 Å². The fourth-order valence-electron chi connectivity index (χ4n) is 9.79. The smallest absolute Gasteiger partial charge is 0.260 e. The maximum absolute atomic E-state index is 15.5. The van der Waals surface area contributed by atoms with E-state index in [0.717, 1.165) is 10.7 Å². The molecule has 3 fully saturated rings. The van der Waals surface area contributed by atoms with Gasteiger partial charge in [-0.2, -0.15) is 15.2 Å². The molecule has 2 N–H and O–H groups in total. The van der Waals surface area contributed by atoms with E-state index in [1.807, 2.05) is 49.3 Å². The van der Waals surface area contributed by atoms with Crippen LogP contribution in [0.5, 0.6) is 11.5 Å². The predicted octanol–water partition coefficient (Wildman–Crippen LogP) is 10.0. The Morgan fingerprint density at radius 1 is 0.774 bits per heavy atom. The predicted molar refractivity (Wildman–Crippen MR) is 238 cm³/mol.